The van der Waals surface area contributed by atoms with Crippen molar-refractivity contribution in [2.24, 2.45) is 5.11 Å². The van der Waals surface area contributed by atoms with Crippen LogP contribution in [-0.2, 0) is 11.3 Å². The van der Waals surface area contributed by atoms with Crippen LogP contribution in [0.15, 0.2) is 35.4 Å². The lowest BCUT2D eigenvalue weighted by Gasteiger charge is -2.27. The molecule has 102 valence electrons. The highest BCUT2D eigenvalue weighted by Gasteiger charge is 2.24. The highest BCUT2D eigenvalue weighted by molar-refractivity contribution is 5.68. The Hall–Kier alpha value is -2.20. The number of nitrogens with zero attached hydrogens (tertiary/aromatic N) is 3. The Bertz CT molecular complexity index is 457. The minimum atomic E-state index is -0.583. The van der Waals surface area contributed by atoms with Crippen molar-refractivity contribution in [3.8, 4) is 0 Å². The first-order valence-corrected chi connectivity index (χ1v) is 6.09. The van der Waals surface area contributed by atoms with Gasteiger partial charge < -0.3 is 10.1 Å². The predicted molar refractivity (Wildman–Crippen MR) is 72.5 cm³/mol. The number of azide groups is 1. The lowest BCUT2D eigenvalue weighted by molar-refractivity contribution is 0.128. The summed E-state index contributed by atoms with van der Waals surface area (Å²) >= 11 is 0. The molecule has 0 bridgehead atoms. The number of alkyl carbamates (subject to hydrolysis) is 1. The zero-order valence-electron chi connectivity index (χ0n) is 11.2. The molecule has 1 unspecified atom stereocenters. The Labute approximate surface area is 112 Å². The Balaban J connectivity index is 2.47. The summed E-state index contributed by atoms with van der Waals surface area (Å²) in [6.45, 7) is 4.13. The summed E-state index contributed by atoms with van der Waals surface area (Å²) in [6, 6.07) is 9.43. The van der Waals surface area contributed by atoms with Crippen molar-refractivity contribution in [2.45, 2.75) is 32.4 Å². The summed E-state index contributed by atoms with van der Waals surface area (Å²) in [5, 5.41) is 6.22. The van der Waals surface area contributed by atoms with Gasteiger partial charge in [0.15, 0.2) is 0 Å². The van der Waals surface area contributed by atoms with Crippen LogP contribution >= 0.6 is 0 Å². The molecule has 0 fully saturated rings. The number of nitrogens with one attached hydrogen (secondary N) is 1. The summed E-state index contributed by atoms with van der Waals surface area (Å²) < 4.78 is 5.12. The van der Waals surface area contributed by atoms with Gasteiger partial charge in [0.25, 0.3) is 0 Å². The summed E-state index contributed by atoms with van der Waals surface area (Å²) in [5.41, 5.74) is 8.66. The van der Waals surface area contributed by atoms with Gasteiger partial charge in [-0.1, -0.05) is 42.4 Å². The second-order valence-electron chi connectivity index (χ2n) is 4.49. The minimum Gasteiger partial charge on any atom is -0.445 e. The van der Waals surface area contributed by atoms with E-state index in [0.717, 1.165) is 5.56 Å². The van der Waals surface area contributed by atoms with Gasteiger partial charge in [-0.25, -0.2) is 4.79 Å². The van der Waals surface area contributed by atoms with Gasteiger partial charge in [0.1, 0.15) is 6.61 Å². The van der Waals surface area contributed by atoms with E-state index in [-0.39, 0.29) is 13.2 Å². The van der Waals surface area contributed by atoms with Gasteiger partial charge in [0.05, 0.1) is 0 Å². The van der Waals surface area contributed by atoms with Crippen molar-refractivity contribution in [3.63, 3.8) is 0 Å². The normalized spacial score (nSPS) is 12.9. The fourth-order valence-electron chi connectivity index (χ4n) is 1.43. The fourth-order valence-corrected chi connectivity index (χ4v) is 1.43. The second kappa shape index (κ2) is 7.28. The number of hydrogen-bond donors (Lipinski definition) is 1. The molecular weight excluding hydrogens is 244 g/mol. The fraction of sp³-hybridized carbons (Fsp3) is 0.462. The zero-order valence-corrected chi connectivity index (χ0v) is 11.2. The molecule has 1 aromatic rings. The van der Waals surface area contributed by atoms with Gasteiger partial charge >= 0.3 is 6.09 Å². The van der Waals surface area contributed by atoms with Crippen molar-refractivity contribution >= 4 is 6.09 Å². The molecule has 0 saturated heterocycles. The van der Waals surface area contributed by atoms with Gasteiger partial charge in [-0.15, -0.1) is 0 Å². The molecule has 0 aliphatic heterocycles. The predicted octanol–water partition coefficient (Wildman–Crippen LogP) is 3.39. The van der Waals surface area contributed by atoms with E-state index in [4.69, 9.17) is 10.3 Å². The Morgan fingerprint density at radius 1 is 1.47 bits per heavy atom. The van der Waals surface area contributed by atoms with Crippen LogP contribution in [0.4, 0.5) is 4.79 Å². The molecule has 1 N–H and O–H groups in total. The Morgan fingerprint density at radius 3 is 2.74 bits per heavy atom. The average molecular weight is 262 g/mol. The summed E-state index contributed by atoms with van der Waals surface area (Å²) in [4.78, 5) is 14.4. The number of ether oxygens (including phenoxy) is 1. The quantitative estimate of drug-likeness (QED) is 0.484. The van der Waals surface area contributed by atoms with E-state index >= 15 is 0 Å². The van der Waals surface area contributed by atoms with Gasteiger partial charge in [-0.05, 0) is 24.4 Å². The van der Waals surface area contributed by atoms with Crippen molar-refractivity contribution in [3.05, 3.63) is 46.3 Å². The Morgan fingerprint density at radius 2 is 2.16 bits per heavy atom. The molecule has 0 saturated carbocycles. The van der Waals surface area contributed by atoms with E-state index in [9.17, 15) is 4.79 Å². The topological polar surface area (TPSA) is 87.1 Å². The number of amides is 1. The third kappa shape index (κ3) is 5.31. The molecule has 1 amide bonds. The summed E-state index contributed by atoms with van der Waals surface area (Å²) in [5.74, 6) is 0. The molecule has 0 aliphatic rings. The molecule has 0 radical (unpaired) electrons. The highest BCUT2D eigenvalue weighted by atomic mass is 16.5. The Kier molecular flexibility index (Phi) is 5.70. The van der Waals surface area contributed by atoms with Crippen molar-refractivity contribution in [1.82, 2.24) is 5.32 Å². The number of benzene rings is 1. The number of carbonyl (C=O) groups is 1. The number of carbonyl (C=O) groups excluding carboxylic acids is 1. The maximum Gasteiger partial charge on any atom is 0.407 e. The van der Waals surface area contributed by atoms with Gasteiger partial charge in [0, 0.05) is 17.0 Å². The number of hydrogen-bond acceptors (Lipinski definition) is 3. The number of rotatable bonds is 6. The third-order valence-electron chi connectivity index (χ3n) is 2.88. The minimum absolute atomic E-state index is 0.195. The van der Waals surface area contributed by atoms with Crippen LogP contribution in [0.5, 0.6) is 0 Å². The average Bonchev–Trinajstić information content (AvgIpc) is 2.44. The van der Waals surface area contributed by atoms with E-state index in [1.54, 1.807) is 0 Å². The zero-order chi connectivity index (χ0) is 14.1. The van der Waals surface area contributed by atoms with E-state index < -0.39 is 11.6 Å². The first kappa shape index (κ1) is 14.9. The van der Waals surface area contributed by atoms with E-state index in [2.05, 4.69) is 15.3 Å². The van der Waals surface area contributed by atoms with Crippen molar-refractivity contribution < 1.29 is 9.53 Å². The SMILES string of the molecule is CCC(C)(CN=[N+]=[N-])NC(=O)OCc1ccccc1. The maximum atomic E-state index is 11.7. The molecule has 1 aromatic carbocycles. The van der Waals surface area contributed by atoms with Crippen LogP contribution in [0.3, 0.4) is 0 Å². The van der Waals surface area contributed by atoms with Crippen molar-refractivity contribution in [2.75, 3.05) is 6.54 Å². The van der Waals surface area contributed by atoms with Crippen LogP contribution in [0, 0.1) is 0 Å². The summed E-state index contributed by atoms with van der Waals surface area (Å²) in [6.07, 6.45) is 0.133. The lowest BCUT2D eigenvalue weighted by atomic mass is 10.00. The molecule has 6 nitrogen and oxygen atoms in total. The maximum absolute atomic E-state index is 11.7. The lowest BCUT2D eigenvalue weighted by Crippen LogP contribution is -2.48. The standard InChI is InChI=1S/C13H18N4O2/c1-3-13(2,10-15-17-14)16-12(18)19-9-11-7-5-4-6-8-11/h4-8H,3,9-10H2,1-2H3,(H,16,18). The first-order valence-electron chi connectivity index (χ1n) is 6.09. The van der Waals surface area contributed by atoms with Crippen molar-refractivity contribution in [1.29, 1.82) is 0 Å². The van der Waals surface area contributed by atoms with Gasteiger partial charge in [-0.3, -0.25) is 0 Å². The third-order valence-corrected chi connectivity index (χ3v) is 2.88. The van der Waals surface area contributed by atoms with Crippen LogP contribution in [0.25, 0.3) is 10.4 Å². The van der Waals surface area contributed by atoms with Gasteiger partial charge in [-0.2, -0.15) is 0 Å². The monoisotopic (exact) mass is 262 g/mol. The highest BCUT2D eigenvalue weighted by Crippen LogP contribution is 2.10. The van der Waals surface area contributed by atoms with E-state index in [0.29, 0.717) is 6.42 Å². The molecular formula is C13H18N4O2. The molecule has 0 aromatic heterocycles. The molecule has 0 spiro atoms. The van der Waals surface area contributed by atoms with E-state index in [1.807, 2.05) is 44.2 Å². The van der Waals surface area contributed by atoms with Crippen LogP contribution < -0.4 is 5.32 Å². The second-order valence-corrected chi connectivity index (χ2v) is 4.49. The van der Waals surface area contributed by atoms with Crippen LogP contribution in [0.2, 0.25) is 0 Å². The van der Waals surface area contributed by atoms with E-state index in [1.165, 1.54) is 0 Å². The molecule has 1 atom stereocenters. The smallest absolute Gasteiger partial charge is 0.407 e. The molecule has 1 rings (SSSR count). The van der Waals surface area contributed by atoms with Crippen LogP contribution in [-0.4, -0.2) is 18.2 Å². The molecule has 0 heterocycles. The molecule has 19 heavy (non-hydrogen) atoms. The van der Waals surface area contributed by atoms with Gasteiger partial charge in [0.2, 0.25) is 0 Å². The van der Waals surface area contributed by atoms with Crippen LogP contribution in [0.1, 0.15) is 25.8 Å². The summed E-state index contributed by atoms with van der Waals surface area (Å²) in [7, 11) is 0. The molecule has 0 aliphatic carbocycles. The largest absolute Gasteiger partial charge is 0.445 e. The molecule has 6 heteroatoms. The first-order chi connectivity index (χ1) is 9.09.